The number of benzene rings is 1. The van der Waals surface area contributed by atoms with Crippen molar-refractivity contribution in [3.63, 3.8) is 0 Å². The van der Waals surface area contributed by atoms with E-state index in [-0.39, 0.29) is 5.76 Å². The third-order valence-electron chi connectivity index (χ3n) is 3.64. The highest BCUT2D eigenvalue weighted by Gasteiger charge is 2.36. The van der Waals surface area contributed by atoms with E-state index in [1.807, 2.05) is 0 Å². The molecule has 0 N–H and O–H groups in total. The van der Waals surface area contributed by atoms with Crippen molar-refractivity contribution in [1.82, 2.24) is 0 Å². The van der Waals surface area contributed by atoms with Crippen molar-refractivity contribution < 1.29 is 23.5 Å². The second-order valence-corrected chi connectivity index (χ2v) is 6.42. The largest absolute Gasteiger partial charge is 0.457 e. The SMILES string of the molecule is CC1=CC(=O)C(C(=O)C=Cc2ccc(-c3cc(Cl)ccc3Cl)o2)C(=O)O1. The van der Waals surface area contributed by atoms with Crippen molar-refractivity contribution in [2.75, 3.05) is 0 Å². The fraction of sp³-hybridized carbons (Fsp3) is 0.105. The van der Waals surface area contributed by atoms with Crippen LogP contribution in [-0.2, 0) is 19.1 Å². The van der Waals surface area contributed by atoms with E-state index in [9.17, 15) is 14.4 Å². The summed E-state index contributed by atoms with van der Waals surface area (Å²) in [5.41, 5.74) is 0.608. The molecule has 1 unspecified atom stereocenters. The lowest BCUT2D eigenvalue weighted by molar-refractivity contribution is -0.151. The van der Waals surface area contributed by atoms with Gasteiger partial charge in [-0.1, -0.05) is 23.2 Å². The predicted molar refractivity (Wildman–Crippen MR) is 96.6 cm³/mol. The van der Waals surface area contributed by atoms with Gasteiger partial charge in [-0.2, -0.15) is 0 Å². The molecule has 2 aromatic rings. The molecule has 0 amide bonds. The van der Waals surface area contributed by atoms with Crippen molar-refractivity contribution in [3.8, 4) is 11.3 Å². The Morgan fingerprint density at radius 2 is 1.92 bits per heavy atom. The van der Waals surface area contributed by atoms with Gasteiger partial charge in [-0.3, -0.25) is 14.4 Å². The van der Waals surface area contributed by atoms with Crippen LogP contribution < -0.4 is 0 Å². The maximum Gasteiger partial charge on any atom is 0.329 e. The fourth-order valence-corrected chi connectivity index (χ4v) is 2.82. The van der Waals surface area contributed by atoms with Crippen molar-refractivity contribution >= 4 is 46.8 Å². The number of rotatable bonds is 4. The van der Waals surface area contributed by atoms with Crippen molar-refractivity contribution in [1.29, 1.82) is 0 Å². The lowest BCUT2D eigenvalue weighted by Gasteiger charge is -2.15. The molecule has 1 aliphatic heterocycles. The van der Waals surface area contributed by atoms with Crippen molar-refractivity contribution in [3.05, 3.63) is 64.0 Å². The lowest BCUT2D eigenvalue weighted by Crippen LogP contribution is -2.34. The number of hydrogen-bond donors (Lipinski definition) is 0. The van der Waals surface area contributed by atoms with E-state index in [2.05, 4.69) is 0 Å². The first-order chi connectivity index (χ1) is 12.3. The first-order valence-corrected chi connectivity index (χ1v) is 8.32. The number of ether oxygens (including phenoxy) is 1. The third-order valence-corrected chi connectivity index (χ3v) is 4.21. The van der Waals surface area contributed by atoms with Gasteiger partial charge < -0.3 is 9.15 Å². The number of carbonyl (C=O) groups excluding carboxylic acids is 3. The number of furan rings is 1. The lowest BCUT2D eigenvalue weighted by atomic mass is 9.96. The molecule has 2 heterocycles. The molecule has 1 aromatic carbocycles. The average molecular weight is 391 g/mol. The van der Waals surface area contributed by atoms with Gasteiger partial charge in [0.05, 0.1) is 5.02 Å². The topological polar surface area (TPSA) is 73.6 Å². The highest BCUT2D eigenvalue weighted by atomic mass is 35.5. The standard InChI is InChI=1S/C19H12Cl2O5/c1-10-8-16(23)18(19(24)25-10)15(22)6-3-12-4-7-17(26-12)13-9-11(20)2-5-14(13)21/h2-9,18H,1H3. The highest BCUT2D eigenvalue weighted by molar-refractivity contribution is 6.35. The molecule has 26 heavy (non-hydrogen) atoms. The van der Waals surface area contributed by atoms with Crippen LogP contribution in [0.25, 0.3) is 17.4 Å². The third kappa shape index (κ3) is 3.79. The summed E-state index contributed by atoms with van der Waals surface area (Å²) in [6.07, 6.45) is 3.61. The second kappa shape index (κ2) is 7.32. The summed E-state index contributed by atoms with van der Waals surface area (Å²) >= 11 is 12.1. The summed E-state index contributed by atoms with van der Waals surface area (Å²) in [7, 11) is 0. The van der Waals surface area contributed by atoms with Gasteiger partial charge in [0.2, 0.25) is 0 Å². The van der Waals surface area contributed by atoms with Gasteiger partial charge in [0.1, 0.15) is 17.3 Å². The van der Waals surface area contributed by atoms with E-state index in [4.69, 9.17) is 32.4 Å². The molecule has 0 aliphatic carbocycles. The number of hydrogen-bond acceptors (Lipinski definition) is 5. The van der Waals surface area contributed by atoms with Crippen LogP contribution in [0.3, 0.4) is 0 Å². The number of halogens is 2. The second-order valence-electron chi connectivity index (χ2n) is 5.57. The van der Waals surface area contributed by atoms with Gasteiger partial charge in [0.25, 0.3) is 0 Å². The summed E-state index contributed by atoms with van der Waals surface area (Å²) in [5, 5.41) is 0.971. The molecule has 132 valence electrons. The molecule has 0 spiro atoms. The molecular formula is C19H12Cl2O5. The quantitative estimate of drug-likeness (QED) is 0.437. The highest BCUT2D eigenvalue weighted by Crippen LogP contribution is 2.32. The number of esters is 1. The molecule has 1 aromatic heterocycles. The molecule has 5 nitrogen and oxygen atoms in total. The summed E-state index contributed by atoms with van der Waals surface area (Å²) in [6.45, 7) is 1.47. The fourth-order valence-electron chi connectivity index (χ4n) is 2.44. The zero-order valence-corrected chi connectivity index (χ0v) is 15.0. The number of ketones is 2. The van der Waals surface area contributed by atoms with E-state index in [0.717, 1.165) is 12.2 Å². The molecule has 3 rings (SSSR count). The van der Waals surface area contributed by atoms with Gasteiger partial charge in [0.15, 0.2) is 17.5 Å². The number of allylic oxidation sites excluding steroid dienone is 3. The Labute approximate surface area is 158 Å². The van der Waals surface area contributed by atoms with Crippen LogP contribution in [0.2, 0.25) is 10.0 Å². The van der Waals surface area contributed by atoms with E-state index < -0.39 is 23.5 Å². The Hall–Kier alpha value is -2.63. The summed E-state index contributed by atoms with van der Waals surface area (Å²) < 4.78 is 10.4. The number of carbonyl (C=O) groups is 3. The van der Waals surface area contributed by atoms with E-state index >= 15 is 0 Å². The Morgan fingerprint density at radius 3 is 2.65 bits per heavy atom. The Balaban J connectivity index is 1.79. The van der Waals surface area contributed by atoms with Gasteiger partial charge in [-0.15, -0.1) is 0 Å². The van der Waals surface area contributed by atoms with E-state index in [1.54, 1.807) is 30.3 Å². The van der Waals surface area contributed by atoms with Gasteiger partial charge in [-0.05, 0) is 49.4 Å². The minimum Gasteiger partial charge on any atom is -0.457 e. The Bertz CT molecular complexity index is 968. The maximum absolute atomic E-state index is 12.2. The minimum atomic E-state index is -1.48. The molecule has 0 radical (unpaired) electrons. The summed E-state index contributed by atoms with van der Waals surface area (Å²) in [4.78, 5) is 35.7. The molecule has 7 heteroatoms. The molecule has 1 atom stereocenters. The van der Waals surface area contributed by atoms with Crippen LogP contribution in [0.15, 0.2) is 52.7 Å². The zero-order chi connectivity index (χ0) is 18.8. The Kier molecular flexibility index (Phi) is 5.11. The van der Waals surface area contributed by atoms with E-state index in [1.165, 1.54) is 13.0 Å². The summed E-state index contributed by atoms with van der Waals surface area (Å²) in [5.74, 6) is -2.64. The molecule has 0 saturated carbocycles. The molecule has 0 saturated heterocycles. The maximum atomic E-state index is 12.2. The van der Waals surface area contributed by atoms with Crippen molar-refractivity contribution in [2.45, 2.75) is 6.92 Å². The first kappa shape index (κ1) is 18.2. The molecule has 1 aliphatic rings. The van der Waals surface area contributed by atoms with Gasteiger partial charge in [0, 0.05) is 16.7 Å². The number of cyclic esters (lactones) is 1. The Morgan fingerprint density at radius 1 is 1.15 bits per heavy atom. The van der Waals surface area contributed by atoms with Crippen LogP contribution in [0, 0.1) is 5.92 Å². The smallest absolute Gasteiger partial charge is 0.329 e. The summed E-state index contributed by atoms with van der Waals surface area (Å²) in [6, 6.07) is 8.27. The van der Waals surface area contributed by atoms with Crippen LogP contribution in [0.5, 0.6) is 0 Å². The van der Waals surface area contributed by atoms with Crippen LogP contribution >= 0.6 is 23.2 Å². The van der Waals surface area contributed by atoms with Crippen LogP contribution in [-0.4, -0.2) is 17.5 Å². The predicted octanol–water partition coefficient (Wildman–Crippen LogP) is 4.48. The monoisotopic (exact) mass is 390 g/mol. The molecule has 0 fully saturated rings. The normalized spacial score (nSPS) is 17.3. The average Bonchev–Trinajstić information content (AvgIpc) is 3.03. The van der Waals surface area contributed by atoms with Crippen LogP contribution in [0.4, 0.5) is 0 Å². The minimum absolute atomic E-state index is 0.169. The van der Waals surface area contributed by atoms with Crippen molar-refractivity contribution in [2.24, 2.45) is 5.92 Å². The van der Waals surface area contributed by atoms with Crippen LogP contribution in [0.1, 0.15) is 12.7 Å². The van der Waals surface area contributed by atoms with Gasteiger partial charge >= 0.3 is 5.97 Å². The molecular weight excluding hydrogens is 379 g/mol. The first-order valence-electron chi connectivity index (χ1n) is 7.56. The van der Waals surface area contributed by atoms with E-state index in [0.29, 0.717) is 27.1 Å². The molecule has 0 bridgehead atoms. The van der Waals surface area contributed by atoms with Gasteiger partial charge in [-0.25, -0.2) is 0 Å². The zero-order valence-electron chi connectivity index (χ0n) is 13.5.